The van der Waals surface area contributed by atoms with Gasteiger partial charge in [0.05, 0.1) is 10.8 Å². The fourth-order valence-electron chi connectivity index (χ4n) is 1.92. The lowest BCUT2D eigenvalue weighted by molar-refractivity contribution is 0.527. The van der Waals surface area contributed by atoms with Gasteiger partial charge >= 0.3 is 0 Å². The van der Waals surface area contributed by atoms with Crippen molar-refractivity contribution in [1.82, 2.24) is 9.78 Å². The normalized spacial score (nSPS) is 10.9. The second-order valence-electron chi connectivity index (χ2n) is 4.15. The van der Waals surface area contributed by atoms with Crippen molar-refractivity contribution < 1.29 is 0 Å². The van der Waals surface area contributed by atoms with E-state index in [1.54, 1.807) is 24.3 Å². The summed E-state index contributed by atoms with van der Waals surface area (Å²) in [5.74, 6) is 0. The van der Waals surface area contributed by atoms with Crippen LogP contribution in [0.2, 0.25) is 0 Å². The summed E-state index contributed by atoms with van der Waals surface area (Å²) >= 11 is 0. The molecule has 2 rings (SSSR count). The molecule has 0 fully saturated rings. The number of H-pyrrole nitrogens is 1. The van der Waals surface area contributed by atoms with Gasteiger partial charge in [0.1, 0.15) is 0 Å². The van der Waals surface area contributed by atoms with Crippen LogP contribution in [0.5, 0.6) is 0 Å². The van der Waals surface area contributed by atoms with Gasteiger partial charge in [-0.3, -0.25) is 14.7 Å². The zero-order valence-corrected chi connectivity index (χ0v) is 9.90. The van der Waals surface area contributed by atoms with Crippen molar-refractivity contribution in [2.75, 3.05) is 0 Å². The molecule has 0 radical (unpaired) electrons. The van der Waals surface area contributed by atoms with Crippen molar-refractivity contribution in [3.05, 3.63) is 45.0 Å². The van der Waals surface area contributed by atoms with Gasteiger partial charge in [-0.1, -0.05) is 31.9 Å². The molecule has 0 unspecified atom stereocenters. The Morgan fingerprint density at radius 2 is 1.82 bits per heavy atom. The van der Waals surface area contributed by atoms with Crippen molar-refractivity contribution >= 4 is 10.8 Å². The van der Waals surface area contributed by atoms with Gasteiger partial charge < -0.3 is 0 Å². The Morgan fingerprint density at radius 1 is 1.12 bits per heavy atom. The van der Waals surface area contributed by atoms with Gasteiger partial charge in [0.25, 0.3) is 11.1 Å². The second-order valence-corrected chi connectivity index (χ2v) is 4.15. The molecule has 0 aliphatic carbocycles. The zero-order chi connectivity index (χ0) is 12.3. The summed E-state index contributed by atoms with van der Waals surface area (Å²) in [5.41, 5.74) is -0.312. The maximum Gasteiger partial charge on any atom is 0.273 e. The summed E-state index contributed by atoms with van der Waals surface area (Å²) in [6.07, 6.45) is 3.05. The average Bonchev–Trinajstić information content (AvgIpc) is 2.36. The Balaban J connectivity index is 2.48. The van der Waals surface area contributed by atoms with E-state index in [9.17, 15) is 9.59 Å². The Morgan fingerprint density at radius 3 is 2.53 bits per heavy atom. The second kappa shape index (κ2) is 4.99. The topological polar surface area (TPSA) is 54.9 Å². The van der Waals surface area contributed by atoms with Crippen LogP contribution in [0.15, 0.2) is 33.9 Å². The van der Waals surface area contributed by atoms with Gasteiger partial charge in [0.15, 0.2) is 0 Å². The van der Waals surface area contributed by atoms with Crippen LogP contribution in [0.1, 0.15) is 26.2 Å². The van der Waals surface area contributed by atoms with Gasteiger partial charge in [-0.05, 0) is 18.6 Å². The van der Waals surface area contributed by atoms with Gasteiger partial charge in [0.2, 0.25) is 0 Å². The Hall–Kier alpha value is -1.84. The fourth-order valence-corrected chi connectivity index (χ4v) is 1.92. The zero-order valence-electron chi connectivity index (χ0n) is 9.90. The molecule has 4 nitrogen and oxygen atoms in total. The number of nitrogens with one attached hydrogen (secondary N) is 1. The van der Waals surface area contributed by atoms with E-state index in [0.29, 0.717) is 17.3 Å². The molecule has 1 aromatic carbocycles. The largest absolute Gasteiger partial charge is 0.273 e. The third kappa shape index (κ3) is 2.30. The summed E-state index contributed by atoms with van der Waals surface area (Å²) in [4.78, 5) is 23.8. The number of rotatable bonds is 4. The molecule has 0 spiro atoms. The summed E-state index contributed by atoms with van der Waals surface area (Å²) < 4.78 is 1.42. The summed E-state index contributed by atoms with van der Waals surface area (Å²) in [7, 11) is 0. The van der Waals surface area contributed by atoms with Gasteiger partial charge in [-0.2, -0.15) is 0 Å². The number of aromatic amines is 1. The molecule has 2 aromatic rings. The average molecular weight is 232 g/mol. The first kappa shape index (κ1) is 11.6. The van der Waals surface area contributed by atoms with Crippen LogP contribution >= 0.6 is 0 Å². The van der Waals surface area contributed by atoms with E-state index in [0.717, 1.165) is 19.3 Å². The first-order chi connectivity index (χ1) is 8.24. The summed E-state index contributed by atoms with van der Waals surface area (Å²) in [6.45, 7) is 2.68. The molecule has 0 bridgehead atoms. The van der Waals surface area contributed by atoms with Crippen molar-refractivity contribution in [1.29, 1.82) is 0 Å². The SMILES string of the molecule is CCCCCn1[nH]c(=O)c2ccccc2c1=O. The number of nitrogens with zero attached hydrogens (tertiary/aromatic N) is 1. The third-order valence-electron chi connectivity index (χ3n) is 2.87. The van der Waals surface area contributed by atoms with Crippen LogP contribution in [-0.4, -0.2) is 9.78 Å². The predicted octanol–water partition coefficient (Wildman–Crippen LogP) is 1.88. The quantitative estimate of drug-likeness (QED) is 0.818. The molecule has 1 N–H and O–H groups in total. The molecule has 90 valence electrons. The molecule has 0 atom stereocenters. The third-order valence-corrected chi connectivity index (χ3v) is 2.87. The molecule has 1 aromatic heterocycles. The van der Waals surface area contributed by atoms with Crippen LogP contribution in [0.25, 0.3) is 10.8 Å². The first-order valence-electron chi connectivity index (χ1n) is 5.96. The van der Waals surface area contributed by atoms with Crippen LogP contribution in [0.3, 0.4) is 0 Å². The number of hydrogen-bond acceptors (Lipinski definition) is 2. The van der Waals surface area contributed by atoms with Crippen LogP contribution in [-0.2, 0) is 6.54 Å². The lowest BCUT2D eigenvalue weighted by atomic mass is 10.2. The molecule has 4 heteroatoms. The summed E-state index contributed by atoms with van der Waals surface area (Å²) in [5, 5.41) is 3.58. The number of fused-ring (bicyclic) bond motifs is 1. The number of aryl methyl sites for hydroxylation is 1. The fraction of sp³-hybridized carbons (Fsp3) is 0.385. The molecule has 0 aliphatic rings. The number of unbranched alkanes of at least 4 members (excludes halogenated alkanes) is 2. The molecule has 1 heterocycles. The minimum Gasteiger partial charge on any atom is -0.267 e. The monoisotopic (exact) mass is 232 g/mol. The molecule has 0 amide bonds. The number of aromatic nitrogens is 2. The Bertz CT molecular complexity index is 625. The van der Waals surface area contributed by atoms with Crippen molar-refractivity contribution in [2.24, 2.45) is 0 Å². The Labute approximate surface area is 98.9 Å². The minimum atomic E-state index is -0.198. The Kier molecular flexibility index (Phi) is 3.42. The van der Waals surface area contributed by atoms with E-state index in [-0.39, 0.29) is 11.1 Å². The summed E-state index contributed by atoms with van der Waals surface area (Å²) in [6, 6.07) is 6.91. The molecular formula is C13H16N2O2. The standard InChI is InChI=1S/C13H16N2O2/c1-2-3-6-9-15-13(17)11-8-5-4-7-10(11)12(16)14-15/h4-5,7-8H,2-3,6,9H2,1H3,(H,14,16). The maximum atomic E-state index is 12.1. The molecular weight excluding hydrogens is 216 g/mol. The highest BCUT2D eigenvalue weighted by Crippen LogP contribution is 2.03. The van der Waals surface area contributed by atoms with E-state index in [1.165, 1.54) is 4.68 Å². The van der Waals surface area contributed by atoms with E-state index >= 15 is 0 Å². The van der Waals surface area contributed by atoms with Crippen LogP contribution in [0.4, 0.5) is 0 Å². The van der Waals surface area contributed by atoms with Gasteiger partial charge in [0, 0.05) is 6.54 Å². The van der Waals surface area contributed by atoms with E-state index in [2.05, 4.69) is 12.0 Å². The highest BCUT2D eigenvalue weighted by molar-refractivity contribution is 5.80. The van der Waals surface area contributed by atoms with Crippen molar-refractivity contribution in [3.8, 4) is 0 Å². The maximum absolute atomic E-state index is 12.1. The first-order valence-corrected chi connectivity index (χ1v) is 5.96. The molecule has 0 aliphatic heterocycles. The van der Waals surface area contributed by atoms with Crippen LogP contribution < -0.4 is 11.1 Å². The highest BCUT2D eigenvalue weighted by atomic mass is 16.2. The van der Waals surface area contributed by atoms with Gasteiger partial charge in [-0.25, -0.2) is 4.68 Å². The number of benzene rings is 1. The molecule has 0 saturated heterocycles. The minimum absolute atomic E-state index is 0.115. The van der Waals surface area contributed by atoms with E-state index in [1.807, 2.05) is 0 Å². The lowest BCUT2D eigenvalue weighted by Crippen LogP contribution is -2.29. The van der Waals surface area contributed by atoms with Crippen molar-refractivity contribution in [2.45, 2.75) is 32.7 Å². The van der Waals surface area contributed by atoms with Crippen molar-refractivity contribution in [3.63, 3.8) is 0 Å². The molecule has 0 saturated carbocycles. The van der Waals surface area contributed by atoms with E-state index < -0.39 is 0 Å². The molecule has 17 heavy (non-hydrogen) atoms. The smallest absolute Gasteiger partial charge is 0.267 e. The van der Waals surface area contributed by atoms with E-state index in [4.69, 9.17) is 0 Å². The van der Waals surface area contributed by atoms with Gasteiger partial charge in [-0.15, -0.1) is 0 Å². The number of hydrogen-bond donors (Lipinski definition) is 1. The predicted molar refractivity (Wildman–Crippen MR) is 68.4 cm³/mol. The highest BCUT2D eigenvalue weighted by Gasteiger charge is 2.05. The lowest BCUT2D eigenvalue weighted by Gasteiger charge is -2.06. The van der Waals surface area contributed by atoms with Crippen LogP contribution in [0, 0.1) is 0 Å².